The highest BCUT2D eigenvalue weighted by Crippen LogP contribution is 2.28. The molecule has 0 aliphatic rings. The molecule has 0 aliphatic heterocycles. The molecular formula is C17H15FN6O2. The van der Waals surface area contributed by atoms with Gasteiger partial charge in [0.05, 0.1) is 24.4 Å². The Morgan fingerprint density at radius 2 is 1.92 bits per heavy atom. The first-order valence-electron chi connectivity index (χ1n) is 8.14. The molecule has 0 atom stereocenters. The molecule has 1 N–H and O–H groups in total. The molecule has 1 aromatic carbocycles. The van der Waals surface area contributed by atoms with Gasteiger partial charge in [0.1, 0.15) is 12.1 Å². The number of aromatic nitrogens is 6. The van der Waals surface area contributed by atoms with E-state index < -0.39 is 5.56 Å². The van der Waals surface area contributed by atoms with Crippen LogP contribution < -0.4 is 5.56 Å². The van der Waals surface area contributed by atoms with Crippen LogP contribution in [0.15, 0.2) is 35.4 Å². The topological polar surface area (TPSA) is 98.2 Å². The van der Waals surface area contributed by atoms with Gasteiger partial charge in [-0.05, 0) is 24.1 Å². The minimum atomic E-state index is -0.393. The van der Waals surface area contributed by atoms with Crippen LogP contribution in [0.4, 0.5) is 4.39 Å². The van der Waals surface area contributed by atoms with Crippen molar-refractivity contribution < 1.29 is 9.50 Å². The molecule has 0 fully saturated rings. The van der Waals surface area contributed by atoms with Crippen LogP contribution in [0.3, 0.4) is 0 Å². The zero-order chi connectivity index (χ0) is 18.3. The van der Waals surface area contributed by atoms with Crippen molar-refractivity contribution in [2.45, 2.75) is 19.9 Å². The van der Waals surface area contributed by atoms with Crippen molar-refractivity contribution in [3.8, 4) is 11.1 Å². The normalized spacial score (nSPS) is 11.5. The van der Waals surface area contributed by atoms with E-state index in [0.717, 1.165) is 16.8 Å². The van der Waals surface area contributed by atoms with Crippen molar-refractivity contribution in [1.82, 2.24) is 29.4 Å². The zero-order valence-electron chi connectivity index (χ0n) is 13.9. The summed E-state index contributed by atoms with van der Waals surface area (Å²) in [5.41, 5.74) is 2.67. The van der Waals surface area contributed by atoms with Crippen LogP contribution in [0.5, 0.6) is 0 Å². The molecule has 4 aromatic rings. The van der Waals surface area contributed by atoms with Gasteiger partial charge in [0.2, 0.25) is 0 Å². The van der Waals surface area contributed by atoms with E-state index in [4.69, 9.17) is 5.11 Å². The fraction of sp³-hybridized carbons (Fsp3) is 0.235. The summed E-state index contributed by atoms with van der Waals surface area (Å²) in [6.07, 6.45) is 1.98. The summed E-state index contributed by atoms with van der Waals surface area (Å²) < 4.78 is 16.0. The molecule has 0 amide bonds. The summed E-state index contributed by atoms with van der Waals surface area (Å²) >= 11 is 0. The van der Waals surface area contributed by atoms with Crippen molar-refractivity contribution in [2.24, 2.45) is 0 Å². The summed E-state index contributed by atoms with van der Waals surface area (Å²) in [6, 6.07) is 6.06. The van der Waals surface area contributed by atoms with E-state index in [0.29, 0.717) is 12.1 Å². The molecule has 9 heteroatoms. The maximum Gasteiger partial charge on any atom is 0.283 e. The molecule has 8 nitrogen and oxygen atoms in total. The molecule has 0 bridgehead atoms. The quantitative estimate of drug-likeness (QED) is 0.591. The predicted octanol–water partition coefficient (Wildman–Crippen LogP) is 1.19. The van der Waals surface area contributed by atoms with Gasteiger partial charge in [-0.3, -0.25) is 9.36 Å². The fourth-order valence-corrected chi connectivity index (χ4v) is 2.93. The van der Waals surface area contributed by atoms with Gasteiger partial charge in [0.15, 0.2) is 16.8 Å². The van der Waals surface area contributed by atoms with Crippen molar-refractivity contribution in [2.75, 3.05) is 6.61 Å². The summed E-state index contributed by atoms with van der Waals surface area (Å²) in [5, 5.41) is 21.8. The first kappa shape index (κ1) is 16.3. The third kappa shape index (κ3) is 2.44. The number of nitrogens with zero attached hydrogens (tertiary/aromatic N) is 6. The summed E-state index contributed by atoms with van der Waals surface area (Å²) in [5.74, 6) is -0.328. The summed E-state index contributed by atoms with van der Waals surface area (Å²) in [6.45, 7) is 1.90. The average molecular weight is 354 g/mol. The van der Waals surface area contributed by atoms with Gasteiger partial charge >= 0.3 is 0 Å². The molecule has 0 saturated carbocycles. The molecular weight excluding hydrogens is 339 g/mol. The second-order valence-corrected chi connectivity index (χ2v) is 5.76. The minimum absolute atomic E-state index is 0.0734. The molecule has 3 aromatic heterocycles. The van der Waals surface area contributed by atoms with Crippen LogP contribution in [0.25, 0.3) is 27.9 Å². The van der Waals surface area contributed by atoms with E-state index in [1.807, 2.05) is 6.92 Å². The van der Waals surface area contributed by atoms with Crippen LogP contribution >= 0.6 is 0 Å². The van der Waals surface area contributed by atoms with Crippen molar-refractivity contribution in [3.05, 3.63) is 52.5 Å². The lowest BCUT2D eigenvalue weighted by Gasteiger charge is -2.04. The lowest BCUT2D eigenvalue weighted by molar-refractivity contribution is 0.274. The number of halogens is 1. The Balaban J connectivity index is 2.03. The van der Waals surface area contributed by atoms with Crippen molar-refractivity contribution in [1.29, 1.82) is 0 Å². The zero-order valence-corrected chi connectivity index (χ0v) is 13.9. The van der Waals surface area contributed by atoms with E-state index in [9.17, 15) is 9.18 Å². The van der Waals surface area contributed by atoms with E-state index in [-0.39, 0.29) is 30.1 Å². The minimum Gasteiger partial charge on any atom is -0.395 e. The molecule has 3 heterocycles. The van der Waals surface area contributed by atoms with E-state index in [2.05, 4.69) is 20.3 Å². The van der Waals surface area contributed by atoms with Crippen LogP contribution in [0.2, 0.25) is 0 Å². The number of aliphatic hydroxyl groups excluding tert-OH is 1. The lowest BCUT2D eigenvalue weighted by atomic mass is 10.0. The van der Waals surface area contributed by atoms with Gasteiger partial charge in [-0.2, -0.15) is 9.61 Å². The Hall–Kier alpha value is -3.20. The number of hydrogen-bond donors (Lipinski definition) is 1. The van der Waals surface area contributed by atoms with Gasteiger partial charge in [-0.15, -0.1) is 10.2 Å². The Bertz CT molecular complexity index is 1170. The average Bonchev–Trinajstić information content (AvgIpc) is 3.04. The Labute approximate surface area is 146 Å². The summed E-state index contributed by atoms with van der Waals surface area (Å²) in [7, 11) is 0. The van der Waals surface area contributed by atoms with Crippen molar-refractivity contribution >= 4 is 16.8 Å². The van der Waals surface area contributed by atoms with Gasteiger partial charge in [-0.25, -0.2) is 9.37 Å². The van der Waals surface area contributed by atoms with Gasteiger partial charge < -0.3 is 5.11 Å². The lowest BCUT2D eigenvalue weighted by Crippen LogP contribution is -2.24. The molecule has 4 rings (SSSR count). The number of hydrogen-bond acceptors (Lipinski definition) is 6. The summed E-state index contributed by atoms with van der Waals surface area (Å²) in [4.78, 5) is 16.7. The molecule has 0 unspecified atom stereocenters. The van der Waals surface area contributed by atoms with Crippen LogP contribution in [0.1, 0.15) is 12.6 Å². The monoisotopic (exact) mass is 354 g/mol. The van der Waals surface area contributed by atoms with Crippen LogP contribution in [0, 0.1) is 5.82 Å². The number of benzene rings is 1. The number of fused-ring (bicyclic) bond motifs is 3. The molecule has 132 valence electrons. The standard InChI is InChI=1S/C17H15FN6O2/c1-2-12-13(10-3-5-11(18)6-4-10)15-21-20-14-16(24(15)22-12)19-9-23(7-8-25)17(14)26/h3-6,9,25H,2,7-8H2,1H3. The smallest absolute Gasteiger partial charge is 0.283 e. The number of rotatable bonds is 4. The highest BCUT2D eigenvalue weighted by Gasteiger charge is 2.19. The molecule has 0 aliphatic carbocycles. The van der Waals surface area contributed by atoms with Crippen LogP contribution in [-0.4, -0.2) is 41.1 Å². The predicted molar refractivity (Wildman–Crippen MR) is 92.2 cm³/mol. The second kappa shape index (κ2) is 6.26. The third-order valence-electron chi connectivity index (χ3n) is 4.18. The largest absolute Gasteiger partial charge is 0.395 e. The maximum absolute atomic E-state index is 13.3. The molecule has 0 radical (unpaired) electrons. The Morgan fingerprint density at radius 3 is 2.62 bits per heavy atom. The van der Waals surface area contributed by atoms with E-state index >= 15 is 0 Å². The molecule has 0 spiro atoms. The Morgan fingerprint density at radius 1 is 1.15 bits per heavy atom. The molecule has 26 heavy (non-hydrogen) atoms. The van der Waals surface area contributed by atoms with Crippen molar-refractivity contribution in [3.63, 3.8) is 0 Å². The Kier molecular flexibility index (Phi) is 3.92. The first-order valence-corrected chi connectivity index (χ1v) is 8.14. The highest BCUT2D eigenvalue weighted by molar-refractivity contribution is 5.83. The molecule has 0 saturated heterocycles. The third-order valence-corrected chi connectivity index (χ3v) is 4.18. The maximum atomic E-state index is 13.3. The van der Waals surface area contributed by atoms with Crippen LogP contribution in [-0.2, 0) is 13.0 Å². The first-order chi connectivity index (χ1) is 12.6. The SMILES string of the molecule is CCc1nn2c(nnc3c(=O)n(CCO)cnc32)c1-c1ccc(F)cc1. The van der Waals surface area contributed by atoms with E-state index in [1.54, 1.807) is 12.1 Å². The number of aliphatic hydroxyl groups is 1. The van der Waals surface area contributed by atoms with Gasteiger partial charge in [0, 0.05) is 0 Å². The van der Waals surface area contributed by atoms with Gasteiger partial charge in [-0.1, -0.05) is 19.1 Å². The second-order valence-electron chi connectivity index (χ2n) is 5.76. The van der Waals surface area contributed by atoms with E-state index in [1.165, 1.54) is 27.5 Å². The van der Waals surface area contributed by atoms with Gasteiger partial charge in [0.25, 0.3) is 5.56 Å². The number of aryl methyl sites for hydroxylation is 1. The highest BCUT2D eigenvalue weighted by atomic mass is 19.1. The fourth-order valence-electron chi connectivity index (χ4n) is 2.93.